The summed E-state index contributed by atoms with van der Waals surface area (Å²) in [5.74, 6) is 1.51. The quantitative estimate of drug-likeness (QED) is 0.731. The minimum Gasteiger partial charge on any atom is -0.497 e. The summed E-state index contributed by atoms with van der Waals surface area (Å²) in [5, 5.41) is 2.95. The van der Waals surface area contributed by atoms with E-state index in [1.807, 2.05) is 24.3 Å². The van der Waals surface area contributed by atoms with E-state index in [4.69, 9.17) is 14.2 Å². The Morgan fingerprint density at radius 1 is 1.06 bits per heavy atom. The van der Waals surface area contributed by atoms with Gasteiger partial charge in [0.05, 0.1) is 12.0 Å². The summed E-state index contributed by atoms with van der Waals surface area (Å²) < 4.78 is 43.6. The smallest absolute Gasteiger partial charge is 0.243 e. The van der Waals surface area contributed by atoms with E-state index in [1.54, 1.807) is 13.2 Å². The Morgan fingerprint density at radius 3 is 2.42 bits per heavy atom. The van der Waals surface area contributed by atoms with Gasteiger partial charge in [0.15, 0.2) is 11.5 Å². The van der Waals surface area contributed by atoms with Gasteiger partial charge in [-0.3, -0.25) is 4.79 Å². The fourth-order valence-corrected chi connectivity index (χ4v) is 5.25. The lowest BCUT2D eigenvalue weighted by Gasteiger charge is -2.31. The largest absolute Gasteiger partial charge is 0.497 e. The molecule has 0 spiro atoms. The van der Waals surface area contributed by atoms with Gasteiger partial charge in [0.1, 0.15) is 19.0 Å². The first-order valence-corrected chi connectivity index (χ1v) is 11.7. The highest BCUT2D eigenvalue weighted by atomic mass is 32.2. The number of carbonyl (C=O) groups excluding carboxylic acids is 1. The zero-order chi connectivity index (χ0) is 21.8. The number of carbonyl (C=O) groups is 1. The van der Waals surface area contributed by atoms with Crippen molar-refractivity contribution in [2.45, 2.75) is 24.3 Å². The minimum absolute atomic E-state index is 0.0489. The topological polar surface area (TPSA) is 94.2 Å². The van der Waals surface area contributed by atoms with Gasteiger partial charge >= 0.3 is 0 Å². The molecule has 1 N–H and O–H groups in total. The van der Waals surface area contributed by atoms with Gasteiger partial charge in [-0.15, -0.1) is 0 Å². The Morgan fingerprint density at radius 2 is 1.74 bits per heavy atom. The van der Waals surface area contributed by atoms with Crippen molar-refractivity contribution in [3.63, 3.8) is 0 Å². The molecule has 8 nitrogen and oxygen atoms in total. The molecule has 2 aliphatic rings. The molecule has 2 heterocycles. The summed E-state index contributed by atoms with van der Waals surface area (Å²) in [5.41, 5.74) is 0.979. The van der Waals surface area contributed by atoms with Crippen LogP contribution in [0.3, 0.4) is 0 Å². The Balaban J connectivity index is 1.32. The predicted octanol–water partition coefficient (Wildman–Crippen LogP) is 2.18. The van der Waals surface area contributed by atoms with Crippen LogP contribution < -0.4 is 19.5 Å². The highest BCUT2D eigenvalue weighted by molar-refractivity contribution is 7.89. The number of nitrogens with zero attached hydrogens (tertiary/aromatic N) is 1. The Labute approximate surface area is 182 Å². The van der Waals surface area contributed by atoms with Gasteiger partial charge in [0, 0.05) is 31.6 Å². The van der Waals surface area contributed by atoms with Gasteiger partial charge in [0.2, 0.25) is 15.9 Å². The third-order valence-electron chi connectivity index (χ3n) is 5.60. The first-order chi connectivity index (χ1) is 15.0. The number of ether oxygens (including phenoxy) is 3. The average Bonchev–Trinajstić information content (AvgIpc) is 2.82. The lowest BCUT2D eigenvalue weighted by atomic mass is 9.97. The zero-order valence-electron chi connectivity index (χ0n) is 17.4. The van der Waals surface area contributed by atoms with Crippen LogP contribution in [0.15, 0.2) is 47.4 Å². The number of sulfonamides is 1. The fraction of sp³-hybridized carbons (Fsp3) is 0.409. The fourth-order valence-electron chi connectivity index (χ4n) is 3.77. The molecule has 4 rings (SSSR count). The number of hydrogen-bond donors (Lipinski definition) is 1. The molecule has 0 bridgehead atoms. The summed E-state index contributed by atoms with van der Waals surface area (Å²) in [6.45, 7) is 1.88. The van der Waals surface area contributed by atoms with Crippen molar-refractivity contribution in [3.05, 3.63) is 48.0 Å². The van der Waals surface area contributed by atoms with Crippen LogP contribution in [-0.2, 0) is 21.4 Å². The highest BCUT2D eigenvalue weighted by Crippen LogP contribution is 2.34. The van der Waals surface area contributed by atoms with E-state index in [0.717, 1.165) is 11.3 Å². The highest BCUT2D eigenvalue weighted by Gasteiger charge is 2.32. The normalized spacial score (nSPS) is 17.2. The molecule has 0 aliphatic carbocycles. The Kier molecular flexibility index (Phi) is 6.33. The second-order valence-corrected chi connectivity index (χ2v) is 9.49. The molecule has 2 aromatic rings. The van der Waals surface area contributed by atoms with E-state index in [1.165, 1.54) is 16.4 Å². The average molecular weight is 447 g/mol. The zero-order valence-corrected chi connectivity index (χ0v) is 18.2. The first kappa shape index (κ1) is 21.5. The van der Waals surface area contributed by atoms with Crippen LogP contribution in [0.5, 0.6) is 17.2 Å². The van der Waals surface area contributed by atoms with Gasteiger partial charge in [-0.1, -0.05) is 12.1 Å². The van der Waals surface area contributed by atoms with Crippen LogP contribution in [0.1, 0.15) is 18.4 Å². The van der Waals surface area contributed by atoms with Crippen molar-refractivity contribution in [3.8, 4) is 17.2 Å². The molecule has 31 heavy (non-hydrogen) atoms. The van der Waals surface area contributed by atoms with E-state index in [9.17, 15) is 13.2 Å². The predicted molar refractivity (Wildman–Crippen MR) is 114 cm³/mol. The molecular formula is C22H26N2O6S. The molecule has 0 atom stereocenters. The molecule has 1 amide bonds. The van der Waals surface area contributed by atoms with Crippen molar-refractivity contribution in [2.24, 2.45) is 5.92 Å². The molecule has 1 saturated heterocycles. The van der Waals surface area contributed by atoms with E-state index in [0.29, 0.717) is 57.2 Å². The third-order valence-corrected chi connectivity index (χ3v) is 7.50. The van der Waals surface area contributed by atoms with E-state index in [-0.39, 0.29) is 16.7 Å². The van der Waals surface area contributed by atoms with Crippen molar-refractivity contribution in [1.82, 2.24) is 9.62 Å². The molecule has 166 valence electrons. The van der Waals surface area contributed by atoms with Gasteiger partial charge in [0.25, 0.3) is 0 Å². The van der Waals surface area contributed by atoms with Crippen LogP contribution in [0, 0.1) is 5.92 Å². The monoisotopic (exact) mass is 446 g/mol. The lowest BCUT2D eigenvalue weighted by molar-refractivity contribution is -0.126. The maximum Gasteiger partial charge on any atom is 0.243 e. The van der Waals surface area contributed by atoms with E-state index in [2.05, 4.69) is 5.32 Å². The summed E-state index contributed by atoms with van der Waals surface area (Å²) in [4.78, 5) is 12.7. The summed E-state index contributed by atoms with van der Waals surface area (Å²) in [7, 11) is -2.04. The van der Waals surface area contributed by atoms with Crippen LogP contribution in [0.25, 0.3) is 0 Å². The number of fused-ring (bicyclic) bond motifs is 1. The minimum atomic E-state index is -3.65. The van der Waals surface area contributed by atoms with Gasteiger partial charge in [-0.2, -0.15) is 4.31 Å². The number of nitrogens with one attached hydrogen (secondary N) is 1. The van der Waals surface area contributed by atoms with E-state index < -0.39 is 10.0 Å². The maximum atomic E-state index is 13.0. The standard InChI is InChI=1S/C22H26N2O6S/c1-28-18-4-2-16(3-5-18)15-23-22(25)17-8-10-24(11-9-17)31(26,27)19-6-7-20-21(14-19)30-13-12-29-20/h2-7,14,17H,8-13,15H2,1H3,(H,23,25). The van der Waals surface area contributed by atoms with Gasteiger partial charge < -0.3 is 19.5 Å². The number of piperidine rings is 1. The SMILES string of the molecule is COc1ccc(CNC(=O)C2CCN(S(=O)(=O)c3ccc4c(c3)OCCO4)CC2)cc1. The van der Waals surface area contributed by atoms with Crippen LogP contribution in [-0.4, -0.2) is 52.0 Å². The molecule has 0 aromatic heterocycles. The molecule has 0 unspecified atom stereocenters. The third kappa shape index (κ3) is 4.77. The number of amides is 1. The number of benzene rings is 2. The second-order valence-electron chi connectivity index (χ2n) is 7.55. The molecule has 0 radical (unpaired) electrons. The molecule has 0 saturated carbocycles. The summed E-state index contributed by atoms with van der Waals surface area (Å²) in [6.07, 6.45) is 0.969. The van der Waals surface area contributed by atoms with Gasteiger partial charge in [-0.05, 0) is 42.7 Å². The summed E-state index contributed by atoms with van der Waals surface area (Å²) in [6, 6.07) is 12.2. The lowest BCUT2D eigenvalue weighted by Crippen LogP contribution is -2.42. The second kappa shape index (κ2) is 9.15. The number of methoxy groups -OCH3 is 1. The van der Waals surface area contributed by atoms with Crippen molar-refractivity contribution in [1.29, 1.82) is 0 Å². The van der Waals surface area contributed by atoms with Crippen LogP contribution in [0.2, 0.25) is 0 Å². The molecule has 1 fully saturated rings. The van der Waals surface area contributed by atoms with Crippen molar-refractivity contribution < 1.29 is 27.4 Å². The number of rotatable bonds is 6. The number of hydrogen-bond acceptors (Lipinski definition) is 6. The molecule has 2 aromatic carbocycles. The van der Waals surface area contributed by atoms with E-state index >= 15 is 0 Å². The first-order valence-electron chi connectivity index (χ1n) is 10.3. The van der Waals surface area contributed by atoms with Gasteiger partial charge in [-0.25, -0.2) is 8.42 Å². The Bertz CT molecular complexity index is 1030. The molecule has 2 aliphatic heterocycles. The van der Waals surface area contributed by atoms with Crippen LogP contribution in [0.4, 0.5) is 0 Å². The van der Waals surface area contributed by atoms with Crippen molar-refractivity contribution in [2.75, 3.05) is 33.4 Å². The van der Waals surface area contributed by atoms with Crippen molar-refractivity contribution >= 4 is 15.9 Å². The molecule has 9 heteroatoms. The summed E-state index contributed by atoms with van der Waals surface area (Å²) >= 11 is 0. The van der Waals surface area contributed by atoms with Crippen LogP contribution >= 0.6 is 0 Å². The maximum absolute atomic E-state index is 13.0. The Hall–Kier alpha value is -2.78. The molecular weight excluding hydrogens is 420 g/mol.